The van der Waals surface area contributed by atoms with Gasteiger partial charge in [-0.3, -0.25) is 0 Å². The lowest BCUT2D eigenvalue weighted by Crippen LogP contribution is -2.26. The maximum Gasteiger partial charge on any atom is 0.159 e. The topological polar surface area (TPSA) is 26.0 Å². The Morgan fingerprint density at radius 3 is 2.37 bits per heavy atom. The van der Waals surface area contributed by atoms with Gasteiger partial charge < -0.3 is 5.73 Å². The summed E-state index contributed by atoms with van der Waals surface area (Å²) in [6.45, 7) is 0. The summed E-state index contributed by atoms with van der Waals surface area (Å²) in [5.74, 6) is -0.858. The normalized spacial score (nSPS) is 19.1. The van der Waals surface area contributed by atoms with Crippen molar-refractivity contribution in [1.82, 2.24) is 0 Å². The van der Waals surface area contributed by atoms with Crippen LogP contribution in [0.2, 0.25) is 0 Å². The maximum atomic E-state index is 13.1. The molecule has 1 aliphatic rings. The second-order valence-corrected chi connectivity index (χ2v) is 5.81. The van der Waals surface area contributed by atoms with Crippen molar-refractivity contribution in [2.75, 3.05) is 0 Å². The molecule has 0 aromatic heterocycles. The largest absolute Gasteiger partial charge is 0.327 e. The lowest BCUT2D eigenvalue weighted by Gasteiger charge is -2.19. The van der Waals surface area contributed by atoms with Crippen LogP contribution in [0.25, 0.3) is 0 Å². The predicted molar refractivity (Wildman–Crippen MR) is 73.8 cm³/mol. The van der Waals surface area contributed by atoms with Crippen LogP contribution in [-0.2, 0) is 6.42 Å². The summed E-state index contributed by atoms with van der Waals surface area (Å²) in [5, 5.41) is 0. The SMILES string of the molecule is NC(Cc1ccc(F)c(F)c1)CC1CCCCCC1. The first kappa shape index (κ1) is 14.4. The lowest BCUT2D eigenvalue weighted by molar-refractivity contribution is 0.386. The van der Waals surface area contributed by atoms with Gasteiger partial charge in [-0.1, -0.05) is 44.6 Å². The molecule has 2 N–H and O–H groups in total. The van der Waals surface area contributed by atoms with Crippen LogP contribution in [-0.4, -0.2) is 6.04 Å². The van der Waals surface area contributed by atoms with Crippen LogP contribution in [0.15, 0.2) is 18.2 Å². The molecule has 106 valence electrons. The number of rotatable bonds is 4. The van der Waals surface area contributed by atoms with Crippen LogP contribution in [0.4, 0.5) is 8.78 Å². The average molecular weight is 267 g/mol. The van der Waals surface area contributed by atoms with E-state index in [0.29, 0.717) is 12.3 Å². The number of hydrogen-bond acceptors (Lipinski definition) is 1. The summed E-state index contributed by atoms with van der Waals surface area (Å²) in [7, 11) is 0. The van der Waals surface area contributed by atoms with Crippen LogP contribution in [0.1, 0.15) is 50.5 Å². The number of nitrogens with two attached hydrogens (primary N) is 1. The third kappa shape index (κ3) is 4.57. The van der Waals surface area contributed by atoms with Gasteiger partial charge in [-0.15, -0.1) is 0 Å². The summed E-state index contributed by atoms with van der Waals surface area (Å²) in [5.41, 5.74) is 6.95. The molecule has 3 heteroatoms. The molecule has 0 amide bonds. The first-order valence-corrected chi connectivity index (χ1v) is 7.34. The number of benzene rings is 1. The molecule has 0 radical (unpaired) electrons. The molecule has 0 aliphatic heterocycles. The highest BCUT2D eigenvalue weighted by molar-refractivity contribution is 5.18. The fourth-order valence-electron chi connectivity index (χ4n) is 3.08. The van der Waals surface area contributed by atoms with E-state index >= 15 is 0 Å². The fourth-order valence-corrected chi connectivity index (χ4v) is 3.08. The summed E-state index contributed by atoms with van der Waals surface area (Å²) < 4.78 is 26.0. The van der Waals surface area contributed by atoms with Crippen molar-refractivity contribution >= 4 is 0 Å². The van der Waals surface area contributed by atoms with Crippen LogP contribution in [0.3, 0.4) is 0 Å². The van der Waals surface area contributed by atoms with Crippen molar-refractivity contribution < 1.29 is 8.78 Å². The molecule has 1 nitrogen and oxygen atoms in total. The first-order valence-electron chi connectivity index (χ1n) is 7.34. The highest BCUT2D eigenvalue weighted by atomic mass is 19.2. The second-order valence-electron chi connectivity index (χ2n) is 5.81. The van der Waals surface area contributed by atoms with Gasteiger partial charge in [-0.2, -0.15) is 0 Å². The summed E-state index contributed by atoms with van der Waals surface area (Å²) >= 11 is 0. The summed E-state index contributed by atoms with van der Waals surface area (Å²) in [6, 6.07) is 4.13. The van der Waals surface area contributed by atoms with E-state index in [2.05, 4.69) is 0 Å². The van der Waals surface area contributed by atoms with Gasteiger partial charge in [0.15, 0.2) is 11.6 Å². The third-order valence-corrected chi connectivity index (χ3v) is 4.09. The molecule has 1 fully saturated rings. The van der Waals surface area contributed by atoms with Gasteiger partial charge in [0.25, 0.3) is 0 Å². The minimum absolute atomic E-state index is 0.0490. The van der Waals surface area contributed by atoms with E-state index in [1.807, 2.05) is 0 Å². The van der Waals surface area contributed by atoms with Gasteiger partial charge in [0.1, 0.15) is 0 Å². The molecule has 0 saturated heterocycles. The van der Waals surface area contributed by atoms with Crippen molar-refractivity contribution in [3.8, 4) is 0 Å². The Hall–Kier alpha value is -0.960. The van der Waals surface area contributed by atoms with Crippen molar-refractivity contribution in [1.29, 1.82) is 0 Å². The summed E-state index contributed by atoms with van der Waals surface area (Å²) in [6.07, 6.45) is 9.47. The Kier molecular flexibility index (Phi) is 5.32. The number of halogens is 2. The van der Waals surface area contributed by atoms with Crippen LogP contribution < -0.4 is 5.73 Å². The molecule has 1 saturated carbocycles. The van der Waals surface area contributed by atoms with E-state index in [4.69, 9.17) is 5.73 Å². The van der Waals surface area contributed by atoms with Crippen LogP contribution in [0, 0.1) is 17.6 Å². The molecule has 1 aromatic rings. The monoisotopic (exact) mass is 267 g/mol. The molecule has 2 rings (SSSR count). The van der Waals surface area contributed by atoms with E-state index in [1.54, 1.807) is 6.07 Å². The highest BCUT2D eigenvalue weighted by Crippen LogP contribution is 2.26. The molecule has 0 heterocycles. The maximum absolute atomic E-state index is 13.1. The lowest BCUT2D eigenvalue weighted by atomic mass is 9.90. The van der Waals surface area contributed by atoms with Crippen molar-refractivity contribution in [2.24, 2.45) is 11.7 Å². The van der Waals surface area contributed by atoms with E-state index in [9.17, 15) is 8.78 Å². The molecular weight excluding hydrogens is 244 g/mol. The third-order valence-electron chi connectivity index (χ3n) is 4.09. The molecule has 0 spiro atoms. The quantitative estimate of drug-likeness (QED) is 0.813. The molecule has 1 aromatic carbocycles. The molecular formula is C16H23F2N. The van der Waals surface area contributed by atoms with Gasteiger partial charge in [-0.25, -0.2) is 8.78 Å². The van der Waals surface area contributed by atoms with E-state index in [0.717, 1.165) is 12.0 Å². The minimum Gasteiger partial charge on any atom is -0.327 e. The van der Waals surface area contributed by atoms with E-state index in [1.165, 1.54) is 50.7 Å². The van der Waals surface area contributed by atoms with Crippen LogP contribution in [0.5, 0.6) is 0 Å². The Bertz CT molecular complexity index is 398. The minimum atomic E-state index is -0.791. The highest BCUT2D eigenvalue weighted by Gasteiger charge is 2.16. The Balaban J connectivity index is 1.85. The second kappa shape index (κ2) is 6.99. The van der Waals surface area contributed by atoms with Crippen molar-refractivity contribution in [3.63, 3.8) is 0 Å². The zero-order valence-corrected chi connectivity index (χ0v) is 11.4. The molecule has 19 heavy (non-hydrogen) atoms. The average Bonchev–Trinajstić information content (AvgIpc) is 2.62. The molecule has 0 bridgehead atoms. The number of hydrogen-bond donors (Lipinski definition) is 1. The molecule has 1 aliphatic carbocycles. The van der Waals surface area contributed by atoms with E-state index in [-0.39, 0.29) is 6.04 Å². The zero-order chi connectivity index (χ0) is 13.7. The predicted octanol–water partition coefficient (Wildman–Crippen LogP) is 4.20. The Morgan fingerprint density at radius 1 is 1.05 bits per heavy atom. The van der Waals surface area contributed by atoms with Gasteiger partial charge in [0.2, 0.25) is 0 Å². The van der Waals surface area contributed by atoms with Gasteiger partial charge in [-0.05, 0) is 36.5 Å². The molecule has 1 unspecified atom stereocenters. The smallest absolute Gasteiger partial charge is 0.159 e. The fraction of sp³-hybridized carbons (Fsp3) is 0.625. The van der Waals surface area contributed by atoms with Crippen molar-refractivity contribution in [2.45, 2.75) is 57.4 Å². The van der Waals surface area contributed by atoms with Gasteiger partial charge in [0.05, 0.1) is 0 Å². The van der Waals surface area contributed by atoms with Gasteiger partial charge in [0, 0.05) is 6.04 Å². The Labute approximate surface area is 114 Å². The summed E-state index contributed by atoms with van der Waals surface area (Å²) in [4.78, 5) is 0. The van der Waals surface area contributed by atoms with Crippen LogP contribution >= 0.6 is 0 Å². The van der Waals surface area contributed by atoms with Gasteiger partial charge >= 0.3 is 0 Å². The standard InChI is InChI=1S/C16H23F2N/c17-15-8-7-13(11-16(15)18)10-14(19)9-12-5-3-1-2-4-6-12/h7-8,11-12,14H,1-6,9-10,19H2. The Morgan fingerprint density at radius 2 is 1.74 bits per heavy atom. The molecule has 1 atom stereocenters. The van der Waals surface area contributed by atoms with Crippen molar-refractivity contribution in [3.05, 3.63) is 35.4 Å². The van der Waals surface area contributed by atoms with E-state index < -0.39 is 11.6 Å². The first-order chi connectivity index (χ1) is 9.15. The zero-order valence-electron chi connectivity index (χ0n) is 11.4.